The fraction of sp³-hybridized carbons (Fsp3) is 0.273. The minimum Gasteiger partial charge on any atom is -0.457 e. The Balaban J connectivity index is 2.83. The molecule has 0 spiro atoms. The molecular formula is C11H10N3O2. The zero-order chi connectivity index (χ0) is 12.0. The van der Waals surface area contributed by atoms with E-state index in [9.17, 15) is 4.79 Å². The molecule has 0 aromatic carbocycles. The van der Waals surface area contributed by atoms with Crippen LogP contribution in [-0.4, -0.2) is 23.1 Å². The highest BCUT2D eigenvalue weighted by Crippen LogP contribution is 2.29. The van der Waals surface area contributed by atoms with E-state index in [1.54, 1.807) is 32.6 Å². The monoisotopic (exact) mass is 216 g/mol. The molecule has 5 heteroatoms. The Kier molecular flexibility index (Phi) is 4.68. The van der Waals surface area contributed by atoms with E-state index in [4.69, 9.17) is 15.5 Å². The van der Waals surface area contributed by atoms with Crippen LogP contribution in [0.15, 0.2) is 0 Å². The van der Waals surface area contributed by atoms with Crippen molar-refractivity contribution in [1.29, 1.82) is 5.26 Å². The lowest BCUT2D eigenvalue weighted by Gasteiger charge is -2.20. The Morgan fingerprint density at radius 2 is 2.44 bits per heavy atom. The Morgan fingerprint density at radius 3 is 3.00 bits per heavy atom. The van der Waals surface area contributed by atoms with Gasteiger partial charge in [0.1, 0.15) is 0 Å². The van der Waals surface area contributed by atoms with E-state index in [2.05, 4.69) is 4.79 Å². The van der Waals surface area contributed by atoms with E-state index in [0.717, 1.165) is 0 Å². The van der Waals surface area contributed by atoms with Crippen LogP contribution in [0.3, 0.4) is 0 Å². The molecule has 1 aliphatic carbocycles. The number of esters is 1. The van der Waals surface area contributed by atoms with Crippen LogP contribution >= 0.6 is 0 Å². The topological polar surface area (TPSA) is 86.5 Å². The number of carbonyl (C=O) groups excluding carboxylic acids is 1. The number of ether oxygens (including phenoxy) is 1. The van der Waals surface area contributed by atoms with Gasteiger partial charge >= 0.3 is 11.7 Å². The van der Waals surface area contributed by atoms with Crippen molar-refractivity contribution in [2.75, 3.05) is 6.61 Å². The number of nitrogens with zero attached hydrogens (tertiary/aromatic N) is 3. The van der Waals surface area contributed by atoms with Crippen molar-refractivity contribution in [2.45, 2.75) is 6.92 Å². The van der Waals surface area contributed by atoms with Gasteiger partial charge < -0.3 is 10.3 Å². The van der Waals surface area contributed by atoms with Crippen LogP contribution in [0.25, 0.3) is 5.53 Å². The lowest BCUT2D eigenvalue weighted by Crippen LogP contribution is -2.33. The Labute approximate surface area is 94.6 Å². The lowest BCUT2D eigenvalue weighted by molar-refractivity contribution is -0.140. The van der Waals surface area contributed by atoms with Gasteiger partial charge in [-0.1, -0.05) is 0 Å². The molecule has 0 N–H and O–H groups in total. The molecule has 0 bridgehead atoms. The highest BCUT2D eigenvalue weighted by molar-refractivity contribution is 6.35. The molecule has 0 amide bonds. The average Bonchev–Trinajstić information content (AvgIpc) is 2.31. The number of hydrogen-bond acceptors (Lipinski definition) is 3. The Morgan fingerprint density at radius 1 is 1.69 bits per heavy atom. The van der Waals surface area contributed by atoms with E-state index in [0.29, 0.717) is 5.92 Å². The molecule has 1 rings (SSSR count). The summed E-state index contributed by atoms with van der Waals surface area (Å²) < 4.78 is 4.73. The molecule has 1 fully saturated rings. The predicted molar refractivity (Wildman–Crippen MR) is 54.8 cm³/mol. The second kappa shape index (κ2) is 6.04. The van der Waals surface area contributed by atoms with Crippen LogP contribution in [-0.2, 0) is 9.53 Å². The summed E-state index contributed by atoms with van der Waals surface area (Å²) in [5.74, 6) is -1.02. The maximum atomic E-state index is 11.4. The fourth-order valence-corrected chi connectivity index (χ4v) is 1.32. The molecular weight excluding hydrogens is 206 g/mol. The fourth-order valence-electron chi connectivity index (χ4n) is 1.32. The molecule has 1 aliphatic rings. The van der Waals surface area contributed by atoms with E-state index >= 15 is 0 Å². The van der Waals surface area contributed by atoms with E-state index in [-0.39, 0.29) is 12.3 Å². The first-order valence-corrected chi connectivity index (χ1v) is 4.75. The van der Waals surface area contributed by atoms with Gasteiger partial charge in [-0.2, -0.15) is 10.1 Å². The van der Waals surface area contributed by atoms with E-state index < -0.39 is 11.9 Å². The summed E-state index contributed by atoms with van der Waals surface area (Å²) in [7, 11) is 0. The van der Waals surface area contributed by atoms with Gasteiger partial charge in [-0.05, 0) is 32.6 Å². The summed E-state index contributed by atoms with van der Waals surface area (Å²) in [6.07, 6.45) is 6.52. The van der Waals surface area contributed by atoms with Gasteiger partial charge in [-0.3, -0.25) is 0 Å². The number of nitriles is 1. The molecule has 5 radical (unpaired) electrons. The van der Waals surface area contributed by atoms with Crippen molar-refractivity contribution >= 4 is 11.7 Å². The Hall–Kier alpha value is -1.66. The van der Waals surface area contributed by atoms with Crippen molar-refractivity contribution < 1.29 is 14.3 Å². The second-order valence-electron chi connectivity index (χ2n) is 2.99. The highest BCUT2D eigenvalue weighted by atomic mass is 16.5. The first kappa shape index (κ1) is 12.4. The quantitative estimate of drug-likeness (QED) is 0.302. The third kappa shape index (κ3) is 2.68. The lowest BCUT2D eigenvalue weighted by atomic mass is 9.77. The standard InChI is InChI=1S/C11H10N3O2/c1-2-16-11(15)10(14-13)9-6-4-3-5-8(9)7-12/h3-6,9H,2H2,1H3/t9-/m0/s1. The molecule has 0 saturated heterocycles. The second-order valence-corrected chi connectivity index (χ2v) is 2.99. The summed E-state index contributed by atoms with van der Waals surface area (Å²) >= 11 is 0. The largest absolute Gasteiger partial charge is 0.457 e. The van der Waals surface area contributed by atoms with Crippen LogP contribution in [0.4, 0.5) is 0 Å². The minimum absolute atomic E-state index is 0.181. The van der Waals surface area contributed by atoms with E-state index in [1.165, 1.54) is 0 Å². The molecule has 1 saturated carbocycles. The van der Waals surface area contributed by atoms with Gasteiger partial charge in [-0.25, -0.2) is 4.79 Å². The first-order chi connectivity index (χ1) is 7.74. The molecule has 16 heavy (non-hydrogen) atoms. The normalized spacial score (nSPS) is 20.6. The van der Waals surface area contributed by atoms with Gasteiger partial charge in [0.25, 0.3) is 0 Å². The van der Waals surface area contributed by atoms with Crippen molar-refractivity contribution in [3.05, 3.63) is 37.1 Å². The van der Waals surface area contributed by atoms with Gasteiger partial charge in [0.15, 0.2) is 0 Å². The number of rotatable bonds is 3. The van der Waals surface area contributed by atoms with Gasteiger partial charge in [0.05, 0.1) is 24.5 Å². The summed E-state index contributed by atoms with van der Waals surface area (Å²) in [6, 6.07) is 1.94. The van der Waals surface area contributed by atoms with Crippen LogP contribution < -0.4 is 0 Å². The smallest absolute Gasteiger partial charge is 0.417 e. The van der Waals surface area contributed by atoms with Gasteiger partial charge in [0.2, 0.25) is 0 Å². The predicted octanol–water partition coefficient (Wildman–Crippen LogP) is 0.765. The maximum Gasteiger partial charge on any atom is 0.417 e. The number of hydrogen-bond donors (Lipinski definition) is 0. The molecule has 5 nitrogen and oxygen atoms in total. The Bertz CT molecular complexity index is 353. The molecule has 0 heterocycles. The zero-order valence-electron chi connectivity index (χ0n) is 8.75. The maximum absolute atomic E-state index is 11.4. The van der Waals surface area contributed by atoms with Crippen molar-refractivity contribution in [2.24, 2.45) is 5.92 Å². The minimum atomic E-state index is -0.720. The number of carbonyl (C=O) groups is 1. The van der Waals surface area contributed by atoms with Gasteiger partial charge in [0, 0.05) is 0 Å². The van der Waals surface area contributed by atoms with Crippen molar-refractivity contribution in [1.82, 2.24) is 0 Å². The van der Waals surface area contributed by atoms with Crippen LogP contribution in [0.5, 0.6) is 0 Å². The molecule has 1 atom stereocenters. The van der Waals surface area contributed by atoms with Crippen molar-refractivity contribution in [3.63, 3.8) is 0 Å². The highest BCUT2D eigenvalue weighted by Gasteiger charge is 2.41. The van der Waals surface area contributed by atoms with Gasteiger partial charge in [-0.15, -0.1) is 0 Å². The molecule has 81 valence electrons. The average molecular weight is 216 g/mol. The third-order valence-electron chi connectivity index (χ3n) is 2.04. The zero-order valence-corrected chi connectivity index (χ0v) is 8.75. The molecule has 0 unspecified atom stereocenters. The molecule has 0 aliphatic heterocycles. The third-order valence-corrected chi connectivity index (χ3v) is 2.04. The summed E-state index contributed by atoms with van der Waals surface area (Å²) in [6.45, 7) is 1.84. The SMILES string of the molecule is CCOC(=O)C(=[N+]=[N-])[C@H]1[CH][CH][CH][CH][C]1C#N. The van der Waals surface area contributed by atoms with Crippen molar-refractivity contribution in [3.8, 4) is 6.07 Å². The summed E-state index contributed by atoms with van der Waals surface area (Å²) in [5, 5.41) is 8.86. The molecule has 0 aromatic heterocycles. The first-order valence-electron chi connectivity index (χ1n) is 4.75. The van der Waals surface area contributed by atoms with E-state index in [1.807, 2.05) is 6.07 Å². The summed E-state index contributed by atoms with van der Waals surface area (Å²) in [5.41, 5.74) is 8.61. The van der Waals surface area contributed by atoms with Crippen LogP contribution in [0.1, 0.15) is 6.92 Å². The van der Waals surface area contributed by atoms with Crippen LogP contribution in [0, 0.1) is 48.9 Å². The van der Waals surface area contributed by atoms with Crippen LogP contribution in [0.2, 0.25) is 0 Å². The molecule has 0 aromatic rings. The summed E-state index contributed by atoms with van der Waals surface area (Å²) in [4.78, 5) is 14.4.